The molecular formula is C19H22N4O. The summed E-state index contributed by atoms with van der Waals surface area (Å²) in [6.45, 7) is 3.99. The third-order valence-corrected chi connectivity index (χ3v) is 3.92. The molecule has 1 N–H and O–H groups in total. The number of benzene rings is 1. The molecule has 2 aromatic heterocycles. The Kier molecular flexibility index (Phi) is 4.91. The lowest BCUT2D eigenvalue weighted by molar-refractivity contribution is 0.296. The summed E-state index contributed by atoms with van der Waals surface area (Å²) in [7, 11) is 2.00. The van der Waals surface area contributed by atoms with Gasteiger partial charge in [-0.2, -0.15) is 0 Å². The fraction of sp³-hybridized carbons (Fsp3) is 0.263. The number of hydrogen-bond acceptors (Lipinski definition) is 4. The van der Waals surface area contributed by atoms with Gasteiger partial charge in [-0.3, -0.25) is 9.88 Å². The Balaban J connectivity index is 1.68. The molecule has 3 rings (SSSR count). The molecule has 0 spiro atoms. The fourth-order valence-corrected chi connectivity index (χ4v) is 2.69. The monoisotopic (exact) mass is 322 g/mol. The molecule has 0 atom stereocenters. The summed E-state index contributed by atoms with van der Waals surface area (Å²) in [5.74, 6) is 1.23. The second-order valence-corrected chi connectivity index (χ2v) is 6.05. The van der Waals surface area contributed by atoms with Crippen LogP contribution in [-0.2, 0) is 19.6 Å². The van der Waals surface area contributed by atoms with Crippen LogP contribution < -0.4 is 0 Å². The zero-order valence-corrected chi connectivity index (χ0v) is 14.1. The van der Waals surface area contributed by atoms with Gasteiger partial charge in [-0.05, 0) is 31.7 Å². The summed E-state index contributed by atoms with van der Waals surface area (Å²) in [5, 5.41) is 9.95. The van der Waals surface area contributed by atoms with Crippen molar-refractivity contribution in [3.63, 3.8) is 0 Å². The first-order valence-electron chi connectivity index (χ1n) is 8.00. The standard InChI is InChI=1S/C19H22N4O/c1-15-8-9-18(24)17(21-15)13-22(2)14-19-20-10-11-23(19)12-16-6-4-3-5-7-16/h3-11,24H,12-14H2,1-2H3. The summed E-state index contributed by atoms with van der Waals surface area (Å²) in [6, 6.07) is 13.8. The predicted octanol–water partition coefficient (Wildman–Crippen LogP) is 2.97. The van der Waals surface area contributed by atoms with Gasteiger partial charge in [0.25, 0.3) is 0 Å². The molecule has 0 unspecified atom stereocenters. The smallest absolute Gasteiger partial charge is 0.138 e. The van der Waals surface area contributed by atoms with Gasteiger partial charge in [0.2, 0.25) is 0 Å². The molecule has 1 aromatic carbocycles. The fourth-order valence-electron chi connectivity index (χ4n) is 2.69. The van der Waals surface area contributed by atoms with Crippen LogP contribution in [0, 0.1) is 6.92 Å². The van der Waals surface area contributed by atoms with Crippen LogP contribution in [0.5, 0.6) is 5.75 Å². The van der Waals surface area contributed by atoms with Crippen LogP contribution in [0.4, 0.5) is 0 Å². The minimum Gasteiger partial charge on any atom is -0.506 e. The topological polar surface area (TPSA) is 54.2 Å². The third-order valence-electron chi connectivity index (χ3n) is 3.92. The van der Waals surface area contributed by atoms with Gasteiger partial charge in [0.05, 0.1) is 12.2 Å². The minimum atomic E-state index is 0.236. The lowest BCUT2D eigenvalue weighted by atomic mass is 10.2. The van der Waals surface area contributed by atoms with Crippen molar-refractivity contribution in [1.29, 1.82) is 0 Å². The molecular weight excluding hydrogens is 300 g/mol. The maximum Gasteiger partial charge on any atom is 0.138 e. The number of aromatic hydroxyl groups is 1. The first-order valence-corrected chi connectivity index (χ1v) is 8.00. The van der Waals surface area contributed by atoms with E-state index in [4.69, 9.17) is 0 Å². The second kappa shape index (κ2) is 7.27. The summed E-state index contributed by atoms with van der Waals surface area (Å²) in [5.41, 5.74) is 2.85. The molecule has 3 aromatic rings. The molecule has 0 amide bonds. The quantitative estimate of drug-likeness (QED) is 0.758. The lowest BCUT2D eigenvalue weighted by Crippen LogP contribution is -2.21. The highest BCUT2D eigenvalue weighted by molar-refractivity contribution is 5.27. The van der Waals surface area contributed by atoms with E-state index in [1.807, 2.05) is 50.6 Å². The number of aromatic nitrogens is 3. The van der Waals surface area contributed by atoms with Gasteiger partial charge in [-0.15, -0.1) is 0 Å². The van der Waals surface area contributed by atoms with Crippen molar-refractivity contribution in [3.8, 4) is 5.75 Å². The van der Waals surface area contributed by atoms with Crippen LogP contribution >= 0.6 is 0 Å². The van der Waals surface area contributed by atoms with Crippen LogP contribution in [-0.4, -0.2) is 31.6 Å². The molecule has 24 heavy (non-hydrogen) atoms. The molecule has 0 bridgehead atoms. The Bertz CT molecular complexity index is 798. The Morgan fingerprint density at radius 2 is 1.88 bits per heavy atom. The van der Waals surface area contributed by atoms with E-state index >= 15 is 0 Å². The number of rotatable bonds is 6. The normalized spacial score (nSPS) is 11.1. The molecule has 0 aliphatic rings. The van der Waals surface area contributed by atoms with Gasteiger partial charge < -0.3 is 9.67 Å². The summed E-state index contributed by atoms with van der Waals surface area (Å²) < 4.78 is 2.15. The first kappa shape index (κ1) is 16.2. The highest BCUT2D eigenvalue weighted by Gasteiger charge is 2.11. The van der Waals surface area contributed by atoms with Gasteiger partial charge in [0, 0.05) is 31.2 Å². The van der Waals surface area contributed by atoms with E-state index in [1.165, 1.54) is 5.56 Å². The molecule has 5 nitrogen and oxygen atoms in total. The Morgan fingerprint density at radius 1 is 1.08 bits per heavy atom. The van der Waals surface area contributed by atoms with Crippen LogP contribution in [0.25, 0.3) is 0 Å². The van der Waals surface area contributed by atoms with E-state index in [9.17, 15) is 5.11 Å². The average Bonchev–Trinajstić information content (AvgIpc) is 2.99. The zero-order valence-electron chi connectivity index (χ0n) is 14.1. The van der Waals surface area contributed by atoms with Gasteiger partial charge in [-0.25, -0.2) is 4.98 Å². The molecule has 0 aliphatic heterocycles. The maximum atomic E-state index is 9.95. The van der Waals surface area contributed by atoms with E-state index in [2.05, 4.69) is 31.6 Å². The summed E-state index contributed by atoms with van der Waals surface area (Å²) >= 11 is 0. The number of nitrogens with zero attached hydrogens (tertiary/aromatic N) is 4. The van der Waals surface area contributed by atoms with Crippen LogP contribution in [0.2, 0.25) is 0 Å². The predicted molar refractivity (Wildman–Crippen MR) is 93.6 cm³/mol. The van der Waals surface area contributed by atoms with E-state index in [-0.39, 0.29) is 5.75 Å². The average molecular weight is 322 g/mol. The number of hydrogen-bond donors (Lipinski definition) is 1. The first-order chi connectivity index (χ1) is 11.6. The van der Waals surface area contributed by atoms with Crippen LogP contribution in [0.1, 0.15) is 22.8 Å². The van der Waals surface area contributed by atoms with Gasteiger partial charge >= 0.3 is 0 Å². The van der Waals surface area contributed by atoms with Crippen molar-refractivity contribution in [2.24, 2.45) is 0 Å². The third kappa shape index (κ3) is 4.00. The maximum absolute atomic E-state index is 9.95. The van der Waals surface area contributed by atoms with Crippen LogP contribution in [0.15, 0.2) is 54.9 Å². The molecule has 0 saturated heterocycles. The lowest BCUT2D eigenvalue weighted by Gasteiger charge is -2.18. The molecule has 124 valence electrons. The van der Waals surface area contributed by atoms with Gasteiger partial charge in [0.15, 0.2) is 0 Å². The van der Waals surface area contributed by atoms with E-state index in [0.717, 1.165) is 18.1 Å². The second-order valence-electron chi connectivity index (χ2n) is 6.05. The Hall–Kier alpha value is -2.66. The molecule has 0 radical (unpaired) electrons. The van der Waals surface area contributed by atoms with Crippen molar-refractivity contribution in [2.75, 3.05) is 7.05 Å². The van der Waals surface area contributed by atoms with E-state index < -0.39 is 0 Å². The van der Waals surface area contributed by atoms with Crippen molar-refractivity contribution in [3.05, 3.63) is 77.6 Å². The van der Waals surface area contributed by atoms with Crippen molar-refractivity contribution in [1.82, 2.24) is 19.4 Å². The van der Waals surface area contributed by atoms with Crippen molar-refractivity contribution < 1.29 is 5.11 Å². The van der Waals surface area contributed by atoms with E-state index in [0.29, 0.717) is 18.8 Å². The molecule has 0 saturated carbocycles. The highest BCUT2D eigenvalue weighted by Crippen LogP contribution is 2.17. The van der Waals surface area contributed by atoms with Crippen molar-refractivity contribution >= 4 is 0 Å². The van der Waals surface area contributed by atoms with E-state index in [1.54, 1.807) is 6.07 Å². The highest BCUT2D eigenvalue weighted by atomic mass is 16.3. The zero-order chi connectivity index (χ0) is 16.9. The number of imidazole rings is 1. The summed E-state index contributed by atoms with van der Waals surface area (Å²) in [4.78, 5) is 11.0. The molecule has 0 aliphatic carbocycles. The van der Waals surface area contributed by atoms with Gasteiger partial charge in [-0.1, -0.05) is 30.3 Å². The molecule has 0 fully saturated rings. The van der Waals surface area contributed by atoms with Gasteiger partial charge in [0.1, 0.15) is 11.6 Å². The van der Waals surface area contributed by atoms with Crippen molar-refractivity contribution in [2.45, 2.75) is 26.6 Å². The molecule has 5 heteroatoms. The number of pyridine rings is 1. The van der Waals surface area contributed by atoms with Crippen LogP contribution in [0.3, 0.4) is 0 Å². The minimum absolute atomic E-state index is 0.236. The SMILES string of the molecule is Cc1ccc(O)c(CN(C)Cc2nccn2Cc2ccccc2)n1. The Labute approximate surface area is 142 Å². The molecule has 2 heterocycles. The largest absolute Gasteiger partial charge is 0.506 e. The summed E-state index contributed by atoms with van der Waals surface area (Å²) in [6.07, 6.45) is 3.83. The number of aryl methyl sites for hydroxylation is 1. The Morgan fingerprint density at radius 3 is 2.67 bits per heavy atom.